The largest absolute Gasteiger partial charge is 0.339 e. The number of nitrogens with zero attached hydrogens (tertiary/aromatic N) is 3. The maximum Gasteiger partial charge on any atom is 0.246 e. The number of allylic oxidation sites excluding steroid dienone is 1. The molecule has 0 aliphatic rings. The van der Waals surface area contributed by atoms with Gasteiger partial charge in [0.1, 0.15) is 0 Å². The Morgan fingerprint density at radius 1 is 1.20 bits per heavy atom. The quantitative estimate of drug-likeness (QED) is 0.684. The number of unbranched alkanes of at least 4 members (excludes halogenated alkanes) is 2. The molecule has 0 unspecified atom stereocenters. The summed E-state index contributed by atoms with van der Waals surface area (Å²) in [5.41, 5.74) is 1.62. The fourth-order valence-corrected chi connectivity index (χ4v) is 1.88. The van der Waals surface area contributed by atoms with Crippen molar-refractivity contribution < 1.29 is 4.79 Å². The number of carbonyl (C=O) groups excluding carboxylic acids is 1. The molecule has 0 saturated heterocycles. The standard InChI is InChI=1S/C16H25N3O/c1-4-6-10-19(11-7-5-2)16(20)12-14(3)15-13-17-8-9-18-15/h8-9,12-13H,4-7,10-11H2,1-3H3/b14-12+. The van der Waals surface area contributed by atoms with Crippen LogP contribution in [0.2, 0.25) is 0 Å². The first-order chi connectivity index (χ1) is 9.69. The molecule has 0 fully saturated rings. The molecule has 110 valence electrons. The molecule has 0 aromatic carbocycles. The zero-order valence-electron chi connectivity index (χ0n) is 12.8. The normalized spacial score (nSPS) is 11.4. The molecular formula is C16H25N3O. The summed E-state index contributed by atoms with van der Waals surface area (Å²) in [6, 6.07) is 0. The Hall–Kier alpha value is -1.71. The number of amides is 1. The second-order valence-corrected chi connectivity index (χ2v) is 4.95. The molecule has 0 aliphatic heterocycles. The van der Waals surface area contributed by atoms with Crippen molar-refractivity contribution in [2.24, 2.45) is 0 Å². The van der Waals surface area contributed by atoms with Gasteiger partial charge in [-0.2, -0.15) is 0 Å². The summed E-state index contributed by atoms with van der Waals surface area (Å²) in [4.78, 5) is 22.5. The van der Waals surface area contributed by atoms with Gasteiger partial charge in [-0.3, -0.25) is 14.8 Å². The van der Waals surface area contributed by atoms with Crippen LogP contribution in [0.5, 0.6) is 0 Å². The first kappa shape index (κ1) is 16.3. The minimum absolute atomic E-state index is 0.0788. The van der Waals surface area contributed by atoms with Crippen LogP contribution in [0.25, 0.3) is 5.57 Å². The van der Waals surface area contributed by atoms with Gasteiger partial charge in [-0.05, 0) is 25.3 Å². The van der Waals surface area contributed by atoms with Crippen molar-refractivity contribution in [2.75, 3.05) is 13.1 Å². The molecule has 1 rings (SSSR count). The van der Waals surface area contributed by atoms with E-state index in [0.29, 0.717) is 0 Å². The van der Waals surface area contributed by atoms with Gasteiger partial charge in [0.15, 0.2) is 0 Å². The van der Waals surface area contributed by atoms with Crippen molar-refractivity contribution in [1.82, 2.24) is 14.9 Å². The lowest BCUT2D eigenvalue weighted by molar-refractivity contribution is -0.126. The molecule has 1 heterocycles. The van der Waals surface area contributed by atoms with E-state index in [9.17, 15) is 4.79 Å². The fourth-order valence-electron chi connectivity index (χ4n) is 1.88. The van der Waals surface area contributed by atoms with Crippen LogP contribution in [0.3, 0.4) is 0 Å². The van der Waals surface area contributed by atoms with E-state index < -0.39 is 0 Å². The lowest BCUT2D eigenvalue weighted by atomic mass is 10.2. The Morgan fingerprint density at radius 2 is 1.85 bits per heavy atom. The predicted molar refractivity (Wildman–Crippen MR) is 82.1 cm³/mol. The van der Waals surface area contributed by atoms with Gasteiger partial charge in [-0.1, -0.05) is 26.7 Å². The number of aromatic nitrogens is 2. The Kier molecular flexibility index (Phi) is 7.55. The monoisotopic (exact) mass is 275 g/mol. The Balaban J connectivity index is 2.72. The first-order valence-electron chi connectivity index (χ1n) is 7.42. The lowest BCUT2D eigenvalue weighted by Gasteiger charge is -2.21. The summed E-state index contributed by atoms with van der Waals surface area (Å²) < 4.78 is 0. The molecule has 4 nitrogen and oxygen atoms in total. The molecule has 1 aromatic heterocycles. The van der Waals surface area contributed by atoms with Crippen molar-refractivity contribution in [2.45, 2.75) is 46.5 Å². The average molecular weight is 275 g/mol. The summed E-state index contributed by atoms with van der Waals surface area (Å²) in [5.74, 6) is 0.0788. The SMILES string of the molecule is CCCCN(CCCC)C(=O)/C=C(\C)c1cnccn1. The highest BCUT2D eigenvalue weighted by Gasteiger charge is 2.11. The summed E-state index contributed by atoms with van der Waals surface area (Å²) in [6.45, 7) is 7.85. The van der Waals surface area contributed by atoms with Crippen LogP contribution in [-0.2, 0) is 4.79 Å². The van der Waals surface area contributed by atoms with E-state index in [-0.39, 0.29) is 5.91 Å². The number of hydrogen-bond acceptors (Lipinski definition) is 3. The Bertz CT molecular complexity index is 421. The van der Waals surface area contributed by atoms with Crippen LogP contribution in [0, 0.1) is 0 Å². The van der Waals surface area contributed by atoms with Crippen LogP contribution >= 0.6 is 0 Å². The zero-order chi connectivity index (χ0) is 14.8. The average Bonchev–Trinajstić information content (AvgIpc) is 2.48. The van der Waals surface area contributed by atoms with Gasteiger partial charge < -0.3 is 4.90 Å². The molecular weight excluding hydrogens is 250 g/mol. The van der Waals surface area contributed by atoms with Crippen molar-refractivity contribution in [1.29, 1.82) is 0 Å². The van der Waals surface area contributed by atoms with Crippen LogP contribution < -0.4 is 0 Å². The van der Waals surface area contributed by atoms with Gasteiger partial charge in [0.2, 0.25) is 5.91 Å². The summed E-state index contributed by atoms with van der Waals surface area (Å²) in [6.07, 6.45) is 10.9. The highest BCUT2D eigenvalue weighted by molar-refractivity contribution is 5.94. The number of carbonyl (C=O) groups is 1. The maximum atomic E-state index is 12.3. The Morgan fingerprint density at radius 3 is 2.35 bits per heavy atom. The van der Waals surface area contributed by atoms with E-state index >= 15 is 0 Å². The molecule has 0 atom stereocenters. The highest BCUT2D eigenvalue weighted by atomic mass is 16.2. The van der Waals surface area contributed by atoms with Crippen molar-refractivity contribution in [3.8, 4) is 0 Å². The third-order valence-electron chi connectivity index (χ3n) is 3.18. The molecule has 0 bridgehead atoms. The van der Waals surface area contributed by atoms with E-state index in [1.165, 1.54) is 0 Å². The van der Waals surface area contributed by atoms with Gasteiger partial charge in [0.25, 0.3) is 0 Å². The molecule has 0 saturated carbocycles. The minimum atomic E-state index is 0.0788. The van der Waals surface area contributed by atoms with Gasteiger partial charge in [0, 0.05) is 31.6 Å². The summed E-state index contributed by atoms with van der Waals surface area (Å²) in [7, 11) is 0. The molecule has 1 amide bonds. The molecule has 0 aliphatic carbocycles. The number of hydrogen-bond donors (Lipinski definition) is 0. The summed E-state index contributed by atoms with van der Waals surface area (Å²) >= 11 is 0. The first-order valence-corrected chi connectivity index (χ1v) is 7.42. The topological polar surface area (TPSA) is 46.1 Å². The van der Waals surface area contributed by atoms with E-state index in [4.69, 9.17) is 0 Å². The van der Waals surface area contributed by atoms with Crippen LogP contribution in [0.15, 0.2) is 24.7 Å². The van der Waals surface area contributed by atoms with Crippen LogP contribution in [0.4, 0.5) is 0 Å². The van der Waals surface area contributed by atoms with Crippen LogP contribution in [0.1, 0.15) is 52.1 Å². The maximum absolute atomic E-state index is 12.3. The van der Waals surface area contributed by atoms with Gasteiger partial charge in [-0.15, -0.1) is 0 Å². The third-order valence-corrected chi connectivity index (χ3v) is 3.18. The van der Waals surface area contributed by atoms with E-state index in [0.717, 1.165) is 50.0 Å². The second kappa shape index (κ2) is 9.23. The lowest BCUT2D eigenvalue weighted by Crippen LogP contribution is -2.31. The second-order valence-electron chi connectivity index (χ2n) is 4.95. The van der Waals surface area contributed by atoms with Crippen molar-refractivity contribution in [3.05, 3.63) is 30.4 Å². The van der Waals surface area contributed by atoms with E-state index in [1.807, 2.05) is 11.8 Å². The molecule has 20 heavy (non-hydrogen) atoms. The molecule has 0 spiro atoms. The fraction of sp³-hybridized carbons (Fsp3) is 0.562. The van der Waals surface area contributed by atoms with Gasteiger partial charge in [-0.25, -0.2) is 0 Å². The smallest absolute Gasteiger partial charge is 0.246 e. The van der Waals surface area contributed by atoms with Gasteiger partial charge >= 0.3 is 0 Å². The van der Waals surface area contributed by atoms with Crippen molar-refractivity contribution >= 4 is 11.5 Å². The van der Waals surface area contributed by atoms with Gasteiger partial charge in [0.05, 0.1) is 11.9 Å². The summed E-state index contributed by atoms with van der Waals surface area (Å²) in [5, 5.41) is 0. The zero-order valence-corrected chi connectivity index (χ0v) is 12.8. The molecule has 1 aromatic rings. The third kappa shape index (κ3) is 5.51. The van der Waals surface area contributed by atoms with Crippen LogP contribution in [-0.4, -0.2) is 33.9 Å². The molecule has 0 N–H and O–H groups in total. The highest BCUT2D eigenvalue weighted by Crippen LogP contribution is 2.10. The molecule has 4 heteroatoms. The Labute approximate surface area is 121 Å². The minimum Gasteiger partial charge on any atom is -0.339 e. The molecule has 0 radical (unpaired) electrons. The van der Waals surface area contributed by atoms with E-state index in [2.05, 4.69) is 23.8 Å². The number of rotatable bonds is 8. The van der Waals surface area contributed by atoms with Crippen molar-refractivity contribution in [3.63, 3.8) is 0 Å². The predicted octanol–water partition coefficient (Wildman–Crippen LogP) is 3.31. The van der Waals surface area contributed by atoms with E-state index in [1.54, 1.807) is 24.7 Å².